The van der Waals surface area contributed by atoms with Crippen LogP contribution in [0.2, 0.25) is 0 Å². The number of hydrogen-bond acceptors (Lipinski definition) is 2. The van der Waals surface area contributed by atoms with Crippen molar-refractivity contribution in [3.63, 3.8) is 0 Å². The van der Waals surface area contributed by atoms with Crippen molar-refractivity contribution in [1.29, 1.82) is 0 Å². The molecule has 0 fully saturated rings. The van der Waals surface area contributed by atoms with Gasteiger partial charge in [0.2, 0.25) is 0 Å². The molecule has 2 heteroatoms. The van der Waals surface area contributed by atoms with Crippen molar-refractivity contribution in [2.75, 3.05) is 6.61 Å². The number of carbonyl (C=O) groups excluding carboxylic acids is 1. The highest BCUT2D eigenvalue weighted by atomic mass is 16.5. The number of esters is 1. The Hall–Kier alpha value is -1.83. The van der Waals surface area contributed by atoms with E-state index in [9.17, 15) is 4.79 Å². The molecule has 0 aromatic carbocycles. The molecule has 0 heterocycles. The molecule has 0 aromatic rings. The molecule has 204 valence electrons. The lowest BCUT2D eigenvalue weighted by Crippen LogP contribution is -2.19. The summed E-state index contributed by atoms with van der Waals surface area (Å²) in [6.45, 7) is 13.8. The number of unbranched alkanes of at least 4 members (excludes halogenated alkanes) is 10. The summed E-state index contributed by atoms with van der Waals surface area (Å²) in [5.41, 5.74) is 5.65. The van der Waals surface area contributed by atoms with Gasteiger partial charge in [0.15, 0.2) is 0 Å². The van der Waals surface area contributed by atoms with Gasteiger partial charge in [-0.1, -0.05) is 132 Å². The zero-order valence-electron chi connectivity index (χ0n) is 24.6. The summed E-state index contributed by atoms with van der Waals surface area (Å²) in [5.74, 6) is -0.0740. The lowest BCUT2D eigenvalue weighted by Gasteiger charge is -2.32. The Kier molecular flexibility index (Phi) is 17.3. The smallest absolute Gasteiger partial charge is 0.306 e. The number of allylic oxidation sites excluding steroid dienone is 9. The lowest BCUT2D eigenvalue weighted by atomic mass is 9.72. The Morgan fingerprint density at radius 3 is 2.11 bits per heavy atom. The molecule has 0 saturated heterocycles. The first-order chi connectivity index (χ1) is 17.3. The van der Waals surface area contributed by atoms with Crippen LogP contribution in [0.1, 0.15) is 138 Å². The van der Waals surface area contributed by atoms with Gasteiger partial charge < -0.3 is 4.74 Å². The van der Waals surface area contributed by atoms with Gasteiger partial charge in [0.1, 0.15) is 6.61 Å². The van der Waals surface area contributed by atoms with E-state index in [1.807, 2.05) is 13.0 Å². The normalized spacial score (nSPS) is 16.9. The molecule has 0 N–H and O–H groups in total. The second-order valence-electron chi connectivity index (χ2n) is 11.5. The molecule has 1 rings (SSSR count). The van der Waals surface area contributed by atoms with Gasteiger partial charge in [0, 0.05) is 6.42 Å². The van der Waals surface area contributed by atoms with Crippen molar-refractivity contribution in [2.24, 2.45) is 5.41 Å². The predicted molar refractivity (Wildman–Crippen MR) is 158 cm³/mol. The van der Waals surface area contributed by atoms with E-state index in [2.05, 4.69) is 65.0 Å². The standard InChI is InChI=1S/C34H56O2/c1-7-8-9-10-11-12-13-14-15-16-17-23-33(35)36-28-26-30(3)21-18-20-29(2)24-25-32-31(4)22-19-27-34(32,5)6/h18,20-21,24-26H,7-17,19,22-23,27-28H2,1-6H3/b21-18+,25-24+,29-20+,30-26-. The third-order valence-electron chi connectivity index (χ3n) is 7.41. The van der Waals surface area contributed by atoms with Crippen molar-refractivity contribution in [1.82, 2.24) is 0 Å². The molecule has 0 spiro atoms. The third kappa shape index (κ3) is 15.3. The third-order valence-corrected chi connectivity index (χ3v) is 7.41. The fourth-order valence-corrected chi connectivity index (χ4v) is 4.97. The van der Waals surface area contributed by atoms with E-state index in [4.69, 9.17) is 4.74 Å². The van der Waals surface area contributed by atoms with Gasteiger partial charge in [0.05, 0.1) is 0 Å². The topological polar surface area (TPSA) is 26.3 Å². The highest BCUT2D eigenvalue weighted by Gasteiger charge is 2.26. The second kappa shape index (κ2) is 19.3. The van der Waals surface area contributed by atoms with Crippen LogP contribution >= 0.6 is 0 Å². The van der Waals surface area contributed by atoms with Crippen LogP contribution in [0.3, 0.4) is 0 Å². The number of ether oxygens (including phenoxy) is 1. The Morgan fingerprint density at radius 2 is 1.50 bits per heavy atom. The molecule has 0 bridgehead atoms. The fourth-order valence-electron chi connectivity index (χ4n) is 4.97. The van der Waals surface area contributed by atoms with Gasteiger partial charge in [-0.05, 0) is 63.5 Å². The van der Waals surface area contributed by atoms with Crippen molar-refractivity contribution in [3.05, 3.63) is 58.7 Å². The molecule has 1 aliphatic carbocycles. The molecule has 0 aromatic heterocycles. The molecule has 0 unspecified atom stereocenters. The first-order valence-corrected chi connectivity index (χ1v) is 14.8. The van der Waals surface area contributed by atoms with E-state index in [-0.39, 0.29) is 11.4 Å². The van der Waals surface area contributed by atoms with Crippen LogP contribution in [0.5, 0.6) is 0 Å². The summed E-state index contributed by atoms with van der Waals surface area (Å²) < 4.78 is 5.39. The maximum Gasteiger partial charge on any atom is 0.306 e. The molecule has 36 heavy (non-hydrogen) atoms. The van der Waals surface area contributed by atoms with Gasteiger partial charge >= 0.3 is 5.97 Å². The Labute approximate surface area is 224 Å². The van der Waals surface area contributed by atoms with Gasteiger partial charge in [-0.15, -0.1) is 0 Å². The van der Waals surface area contributed by atoms with Crippen molar-refractivity contribution < 1.29 is 9.53 Å². The molecule has 1 aliphatic rings. The van der Waals surface area contributed by atoms with Gasteiger partial charge in [-0.2, -0.15) is 0 Å². The van der Waals surface area contributed by atoms with Gasteiger partial charge in [0.25, 0.3) is 0 Å². The maximum absolute atomic E-state index is 12.0. The highest BCUT2D eigenvalue weighted by molar-refractivity contribution is 5.69. The number of carbonyl (C=O) groups is 1. The minimum Gasteiger partial charge on any atom is -0.461 e. The largest absolute Gasteiger partial charge is 0.461 e. The highest BCUT2D eigenvalue weighted by Crippen LogP contribution is 2.40. The van der Waals surface area contributed by atoms with E-state index < -0.39 is 0 Å². The van der Waals surface area contributed by atoms with E-state index in [0.29, 0.717) is 13.0 Å². The summed E-state index contributed by atoms with van der Waals surface area (Å²) in [6, 6.07) is 0. The first kappa shape index (κ1) is 32.2. The summed E-state index contributed by atoms with van der Waals surface area (Å²) in [4.78, 5) is 12.0. The summed E-state index contributed by atoms with van der Waals surface area (Å²) in [5, 5.41) is 0. The molecule has 0 amide bonds. The zero-order chi connectivity index (χ0) is 26.7. The van der Waals surface area contributed by atoms with Crippen LogP contribution in [-0.4, -0.2) is 12.6 Å². The Morgan fingerprint density at radius 1 is 0.889 bits per heavy atom. The quantitative estimate of drug-likeness (QED) is 0.107. The zero-order valence-corrected chi connectivity index (χ0v) is 24.6. The minimum absolute atomic E-state index is 0.0740. The van der Waals surface area contributed by atoms with Crippen molar-refractivity contribution in [2.45, 2.75) is 138 Å². The molecule has 0 aliphatic heterocycles. The van der Waals surface area contributed by atoms with Crippen LogP contribution in [0.4, 0.5) is 0 Å². The molecule has 0 radical (unpaired) electrons. The first-order valence-electron chi connectivity index (χ1n) is 14.8. The van der Waals surface area contributed by atoms with Crippen LogP contribution in [-0.2, 0) is 9.53 Å². The van der Waals surface area contributed by atoms with Crippen LogP contribution < -0.4 is 0 Å². The van der Waals surface area contributed by atoms with Crippen LogP contribution in [0.15, 0.2) is 58.7 Å². The summed E-state index contributed by atoms with van der Waals surface area (Å²) >= 11 is 0. The average Bonchev–Trinajstić information content (AvgIpc) is 2.82. The maximum atomic E-state index is 12.0. The summed E-state index contributed by atoms with van der Waals surface area (Å²) in [6.07, 6.45) is 31.4. The van der Waals surface area contributed by atoms with E-state index in [1.165, 1.54) is 93.8 Å². The average molecular weight is 497 g/mol. The van der Waals surface area contributed by atoms with Crippen molar-refractivity contribution in [3.8, 4) is 0 Å². The molecule has 2 nitrogen and oxygen atoms in total. The number of rotatable bonds is 18. The SMILES string of the molecule is CCCCCCCCCCCCCC(=O)OC\C=C(C)/C=C/C=C(C)/C=C/C1=C(C)CCCC1(C)C. The van der Waals surface area contributed by atoms with E-state index in [1.54, 1.807) is 0 Å². The predicted octanol–water partition coefficient (Wildman–Crippen LogP) is 10.8. The summed E-state index contributed by atoms with van der Waals surface area (Å²) in [7, 11) is 0. The molecule has 0 atom stereocenters. The molecular weight excluding hydrogens is 440 g/mol. The lowest BCUT2D eigenvalue weighted by molar-refractivity contribution is -0.142. The van der Waals surface area contributed by atoms with Crippen LogP contribution in [0, 0.1) is 5.41 Å². The minimum atomic E-state index is -0.0740. The van der Waals surface area contributed by atoms with Gasteiger partial charge in [-0.3, -0.25) is 4.79 Å². The Bertz CT molecular complexity index is 773. The molecule has 0 saturated carbocycles. The van der Waals surface area contributed by atoms with E-state index in [0.717, 1.165) is 18.4 Å². The fraction of sp³-hybridized carbons (Fsp3) is 0.676. The van der Waals surface area contributed by atoms with Crippen LogP contribution in [0.25, 0.3) is 0 Å². The van der Waals surface area contributed by atoms with Gasteiger partial charge in [-0.25, -0.2) is 0 Å². The monoisotopic (exact) mass is 496 g/mol. The second-order valence-corrected chi connectivity index (χ2v) is 11.5. The molecular formula is C34H56O2. The Balaban J connectivity index is 2.19. The number of hydrogen-bond donors (Lipinski definition) is 0. The van der Waals surface area contributed by atoms with E-state index >= 15 is 0 Å². The van der Waals surface area contributed by atoms with Crippen molar-refractivity contribution >= 4 is 5.97 Å².